The number of nitrogens with zero attached hydrogens (tertiary/aromatic N) is 1. The monoisotopic (exact) mass is 297 g/mol. The molecule has 5 heteroatoms. The van der Waals surface area contributed by atoms with Gasteiger partial charge in [0.15, 0.2) is 0 Å². The molecule has 1 atom stereocenters. The van der Waals surface area contributed by atoms with Gasteiger partial charge in [0.1, 0.15) is 5.82 Å². The average Bonchev–Trinajstić information content (AvgIpc) is 2.36. The smallest absolute Gasteiger partial charge is 0.253 e. The number of rotatable bonds is 7. The molecule has 1 aromatic heterocycles. The molecule has 0 aliphatic carbocycles. The first-order valence-corrected chi connectivity index (χ1v) is 7.52. The number of hydrogen-bond acceptors (Lipinski definition) is 3. The second-order valence-corrected chi connectivity index (χ2v) is 5.89. The van der Waals surface area contributed by atoms with Crippen LogP contribution >= 0.6 is 11.6 Å². The second kappa shape index (κ2) is 8.10. The van der Waals surface area contributed by atoms with Gasteiger partial charge in [-0.2, -0.15) is 0 Å². The van der Waals surface area contributed by atoms with Gasteiger partial charge < -0.3 is 10.6 Å². The molecule has 1 amide bonds. The summed E-state index contributed by atoms with van der Waals surface area (Å²) in [4.78, 5) is 16.4. The minimum absolute atomic E-state index is 0.124. The van der Waals surface area contributed by atoms with Crippen molar-refractivity contribution in [3.8, 4) is 0 Å². The minimum atomic E-state index is -0.148. The largest absolute Gasteiger partial charge is 0.370 e. The minimum Gasteiger partial charge on any atom is -0.370 e. The summed E-state index contributed by atoms with van der Waals surface area (Å²) in [5, 5.41) is 6.50. The van der Waals surface area contributed by atoms with Crippen LogP contribution in [-0.2, 0) is 0 Å². The van der Waals surface area contributed by atoms with Gasteiger partial charge in [0.05, 0.1) is 10.6 Å². The van der Waals surface area contributed by atoms with Crippen molar-refractivity contribution in [3.05, 3.63) is 22.8 Å². The Bertz CT molecular complexity index is 449. The van der Waals surface area contributed by atoms with Gasteiger partial charge in [-0.1, -0.05) is 32.4 Å². The molecule has 0 aliphatic heterocycles. The molecule has 2 N–H and O–H groups in total. The molecule has 0 fully saturated rings. The normalized spacial score (nSPS) is 12.3. The zero-order valence-electron chi connectivity index (χ0n) is 12.7. The summed E-state index contributed by atoms with van der Waals surface area (Å²) in [5.41, 5.74) is 0.468. The third kappa shape index (κ3) is 5.37. The number of anilines is 1. The molecular weight excluding hydrogens is 274 g/mol. The number of carbonyl (C=O) groups is 1. The van der Waals surface area contributed by atoms with Crippen molar-refractivity contribution in [1.29, 1.82) is 0 Å². The van der Waals surface area contributed by atoms with Gasteiger partial charge in [0.25, 0.3) is 5.91 Å². The summed E-state index contributed by atoms with van der Waals surface area (Å²) in [6, 6.07) is 1.83. The van der Waals surface area contributed by atoms with Gasteiger partial charge in [0, 0.05) is 18.8 Å². The fourth-order valence-electron chi connectivity index (χ4n) is 2.03. The lowest BCUT2D eigenvalue weighted by Crippen LogP contribution is -2.33. The molecule has 0 saturated carbocycles. The highest BCUT2D eigenvalue weighted by atomic mass is 35.5. The van der Waals surface area contributed by atoms with E-state index in [9.17, 15) is 4.79 Å². The standard InChI is InChI=1S/C15H24ClN3O/c1-5-6-17-14-8-12(13(16)9-18-14)15(20)19-11(4)7-10(2)3/h8-11H,5-7H2,1-4H3,(H,17,18)(H,19,20). The van der Waals surface area contributed by atoms with E-state index in [1.807, 2.05) is 6.92 Å². The molecule has 1 rings (SSSR count). The van der Waals surface area contributed by atoms with Crippen molar-refractivity contribution >= 4 is 23.3 Å². The Morgan fingerprint density at radius 2 is 2.10 bits per heavy atom. The number of aromatic nitrogens is 1. The van der Waals surface area contributed by atoms with Crippen LogP contribution in [0.1, 0.15) is 50.9 Å². The van der Waals surface area contributed by atoms with Crippen molar-refractivity contribution in [2.24, 2.45) is 5.92 Å². The Morgan fingerprint density at radius 1 is 1.40 bits per heavy atom. The molecule has 1 aromatic rings. The molecule has 1 heterocycles. The highest BCUT2D eigenvalue weighted by Crippen LogP contribution is 2.18. The lowest BCUT2D eigenvalue weighted by atomic mass is 10.0. The molecule has 0 aliphatic rings. The van der Waals surface area contributed by atoms with Crippen molar-refractivity contribution in [2.45, 2.75) is 46.6 Å². The first-order chi connectivity index (χ1) is 9.43. The van der Waals surface area contributed by atoms with Crippen LogP contribution < -0.4 is 10.6 Å². The number of hydrogen-bond donors (Lipinski definition) is 2. The quantitative estimate of drug-likeness (QED) is 0.806. The van der Waals surface area contributed by atoms with Crippen molar-refractivity contribution in [2.75, 3.05) is 11.9 Å². The van der Waals surface area contributed by atoms with E-state index in [1.165, 1.54) is 6.20 Å². The van der Waals surface area contributed by atoms with Gasteiger partial charge in [-0.3, -0.25) is 4.79 Å². The van der Waals surface area contributed by atoms with E-state index in [-0.39, 0.29) is 11.9 Å². The van der Waals surface area contributed by atoms with E-state index in [2.05, 4.69) is 36.4 Å². The Hall–Kier alpha value is -1.29. The number of halogens is 1. The molecule has 1 unspecified atom stereocenters. The molecule has 0 radical (unpaired) electrons. The molecule has 4 nitrogen and oxygen atoms in total. The SMILES string of the molecule is CCCNc1cc(C(=O)NC(C)CC(C)C)c(Cl)cn1. The topological polar surface area (TPSA) is 54.0 Å². The molecule has 20 heavy (non-hydrogen) atoms. The maximum Gasteiger partial charge on any atom is 0.253 e. The fourth-order valence-corrected chi connectivity index (χ4v) is 2.22. The molecule has 0 aromatic carbocycles. The lowest BCUT2D eigenvalue weighted by molar-refractivity contribution is 0.0936. The third-order valence-corrected chi connectivity index (χ3v) is 3.16. The van der Waals surface area contributed by atoms with E-state index in [4.69, 9.17) is 11.6 Å². The predicted octanol–water partition coefficient (Wildman–Crippen LogP) is 3.72. The summed E-state index contributed by atoms with van der Waals surface area (Å²) in [5.74, 6) is 1.07. The van der Waals surface area contributed by atoms with Crippen LogP contribution in [0.5, 0.6) is 0 Å². The molecule has 112 valence electrons. The predicted molar refractivity (Wildman–Crippen MR) is 84.4 cm³/mol. The highest BCUT2D eigenvalue weighted by Gasteiger charge is 2.15. The van der Waals surface area contributed by atoms with Crippen LogP contribution in [0.4, 0.5) is 5.82 Å². The van der Waals surface area contributed by atoms with Crippen molar-refractivity contribution in [1.82, 2.24) is 10.3 Å². The van der Waals surface area contributed by atoms with E-state index in [0.29, 0.717) is 22.3 Å². The number of pyridine rings is 1. The van der Waals surface area contributed by atoms with E-state index in [1.54, 1.807) is 6.07 Å². The van der Waals surface area contributed by atoms with Crippen LogP contribution in [0.3, 0.4) is 0 Å². The van der Waals surface area contributed by atoms with Crippen LogP contribution in [-0.4, -0.2) is 23.5 Å². The van der Waals surface area contributed by atoms with Gasteiger partial charge >= 0.3 is 0 Å². The highest BCUT2D eigenvalue weighted by molar-refractivity contribution is 6.33. The lowest BCUT2D eigenvalue weighted by Gasteiger charge is -2.16. The summed E-state index contributed by atoms with van der Waals surface area (Å²) in [6.07, 6.45) is 3.45. The van der Waals surface area contributed by atoms with Crippen molar-refractivity contribution in [3.63, 3.8) is 0 Å². The molecular formula is C15H24ClN3O. The maximum atomic E-state index is 12.2. The van der Waals surface area contributed by atoms with Crippen LogP contribution in [0.25, 0.3) is 0 Å². The number of amides is 1. The van der Waals surface area contributed by atoms with Crippen LogP contribution in [0, 0.1) is 5.92 Å². The Balaban J connectivity index is 2.75. The van der Waals surface area contributed by atoms with Crippen molar-refractivity contribution < 1.29 is 4.79 Å². The summed E-state index contributed by atoms with van der Waals surface area (Å²) in [6.45, 7) is 9.16. The molecule has 0 saturated heterocycles. The maximum absolute atomic E-state index is 12.2. The Kier molecular flexibility index (Phi) is 6.79. The second-order valence-electron chi connectivity index (χ2n) is 5.48. The van der Waals surface area contributed by atoms with E-state index >= 15 is 0 Å². The van der Waals surface area contributed by atoms with Gasteiger partial charge in [-0.15, -0.1) is 0 Å². The number of carbonyl (C=O) groups excluding carboxylic acids is 1. The Morgan fingerprint density at radius 3 is 2.70 bits per heavy atom. The van der Waals surface area contributed by atoms with Crippen LogP contribution in [0.2, 0.25) is 5.02 Å². The zero-order chi connectivity index (χ0) is 15.1. The number of nitrogens with one attached hydrogen (secondary N) is 2. The van der Waals surface area contributed by atoms with Gasteiger partial charge in [0.2, 0.25) is 0 Å². The summed E-state index contributed by atoms with van der Waals surface area (Å²) >= 11 is 6.06. The molecule has 0 bridgehead atoms. The molecule has 0 spiro atoms. The van der Waals surface area contributed by atoms with E-state index < -0.39 is 0 Å². The Labute approximate surface area is 126 Å². The van der Waals surface area contributed by atoms with Crippen LogP contribution in [0.15, 0.2) is 12.3 Å². The summed E-state index contributed by atoms with van der Waals surface area (Å²) in [7, 11) is 0. The third-order valence-electron chi connectivity index (χ3n) is 2.86. The van der Waals surface area contributed by atoms with Gasteiger partial charge in [-0.25, -0.2) is 4.98 Å². The zero-order valence-corrected chi connectivity index (χ0v) is 13.4. The van der Waals surface area contributed by atoms with Gasteiger partial charge in [-0.05, 0) is 31.7 Å². The average molecular weight is 298 g/mol. The summed E-state index contributed by atoms with van der Waals surface area (Å²) < 4.78 is 0. The first-order valence-electron chi connectivity index (χ1n) is 7.14. The first kappa shape index (κ1) is 16.8. The fraction of sp³-hybridized carbons (Fsp3) is 0.600. The van der Waals surface area contributed by atoms with E-state index in [0.717, 1.165) is 19.4 Å².